The summed E-state index contributed by atoms with van der Waals surface area (Å²) in [5, 5.41) is 31.7. The van der Waals surface area contributed by atoms with Crippen molar-refractivity contribution in [3.8, 4) is 0 Å². The second-order valence-electron chi connectivity index (χ2n) is 7.79. The summed E-state index contributed by atoms with van der Waals surface area (Å²) in [4.78, 5) is 83.4. The van der Waals surface area contributed by atoms with Gasteiger partial charge >= 0.3 is 17.9 Å². The number of rotatable bonds is 14. The van der Waals surface area contributed by atoms with Crippen LogP contribution in [-0.2, 0) is 33.6 Å². The number of nitrogens with two attached hydrogens (primary N) is 2. The van der Waals surface area contributed by atoms with Crippen LogP contribution in [0.2, 0.25) is 0 Å². The highest BCUT2D eigenvalue weighted by Crippen LogP contribution is 2.19. The quantitative estimate of drug-likeness (QED) is 0.129. The minimum atomic E-state index is -1.68. The average Bonchev–Trinajstić information content (AvgIpc) is 3.23. The van der Waals surface area contributed by atoms with Gasteiger partial charge in [-0.1, -0.05) is 0 Å². The van der Waals surface area contributed by atoms with Crippen LogP contribution in [0, 0.1) is 0 Å². The highest BCUT2D eigenvalue weighted by molar-refractivity contribution is 5.96. The molecule has 34 heavy (non-hydrogen) atoms. The zero-order valence-corrected chi connectivity index (χ0v) is 18.3. The lowest BCUT2D eigenvalue weighted by atomic mass is 10.1. The predicted octanol–water partition coefficient (Wildman–Crippen LogP) is -3.04. The van der Waals surface area contributed by atoms with E-state index in [1.54, 1.807) is 0 Å². The van der Waals surface area contributed by atoms with E-state index in [4.69, 9.17) is 21.7 Å². The molecule has 4 unspecified atom stereocenters. The van der Waals surface area contributed by atoms with Crippen molar-refractivity contribution in [2.75, 3.05) is 6.54 Å². The molecule has 4 amide bonds. The Kier molecular flexibility index (Phi) is 10.9. The van der Waals surface area contributed by atoms with E-state index in [0.29, 0.717) is 6.42 Å². The molecule has 0 spiro atoms. The summed E-state index contributed by atoms with van der Waals surface area (Å²) in [7, 11) is 0. The van der Waals surface area contributed by atoms with E-state index in [2.05, 4.69) is 10.6 Å². The van der Waals surface area contributed by atoms with Gasteiger partial charge in [0.2, 0.25) is 23.6 Å². The standard InChI is InChI=1S/C19H29N5O10/c20-9(3-5-13(21)25)16(30)23-11(8-15(28)29)17(31)22-10(4-6-14(26)27)18(32)24-7-1-2-12(24)19(33)34/h9-12H,1-8,20H2,(H2,21,25)(H,22,31)(H,23,30)(H,26,27)(H,28,29)(H,33,34). The van der Waals surface area contributed by atoms with Crippen LogP contribution in [0.5, 0.6) is 0 Å². The van der Waals surface area contributed by atoms with E-state index in [1.807, 2.05) is 0 Å². The first-order valence-electron chi connectivity index (χ1n) is 10.4. The Bertz CT molecular complexity index is 832. The van der Waals surface area contributed by atoms with Gasteiger partial charge in [-0.3, -0.25) is 28.8 Å². The number of carbonyl (C=O) groups is 7. The Hall–Kier alpha value is -3.75. The lowest BCUT2D eigenvalue weighted by Gasteiger charge is -2.28. The molecule has 0 aromatic rings. The fraction of sp³-hybridized carbons (Fsp3) is 0.632. The maximum atomic E-state index is 12.9. The molecule has 0 bridgehead atoms. The number of nitrogens with one attached hydrogen (secondary N) is 2. The number of aliphatic carboxylic acids is 3. The molecular formula is C19H29N5O10. The van der Waals surface area contributed by atoms with Gasteiger partial charge in [0.05, 0.1) is 12.5 Å². The fourth-order valence-corrected chi connectivity index (χ4v) is 3.38. The van der Waals surface area contributed by atoms with E-state index in [-0.39, 0.29) is 25.8 Å². The van der Waals surface area contributed by atoms with Crippen LogP contribution in [0.4, 0.5) is 0 Å². The molecule has 1 rings (SSSR count). The van der Waals surface area contributed by atoms with Crippen LogP contribution >= 0.6 is 0 Å². The smallest absolute Gasteiger partial charge is 0.326 e. The molecule has 190 valence electrons. The van der Waals surface area contributed by atoms with Gasteiger partial charge in [0, 0.05) is 19.4 Å². The Labute approximate surface area is 193 Å². The summed E-state index contributed by atoms with van der Waals surface area (Å²) >= 11 is 0. The van der Waals surface area contributed by atoms with Crippen LogP contribution in [0.25, 0.3) is 0 Å². The van der Waals surface area contributed by atoms with Crippen molar-refractivity contribution >= 4 is 41.5 Å². The molecule has 0 radical (unpaired) electrons. The Morgan fingerprint density at radius 2 is 1.50 bits per heavy atom. The number of hydrogen-bond donors (Lipinski definition) is 7. The van der Waals surface area contributed by atoms with Gasteiger partial charge in [-0.05, 0) is 25.7 Å². The van der Waals surface area contributed by atoms with E-state index in [1.165, 1.54) is 0 Å². The zero-order valence-electron chi connectivity index (χ0n) is 18.3. The molecule has 15 heteroatoms. The van der Waals surface area contributed by atoms with E-state index < -0.39 is 85.0 Å². The van der Waals surface area contributed by atoms with Gasteiger partial charge in [0.15, 0.2) is 0 Å². The molecule has 1 aliphatic heterocycles. The molecule has 15 nitrogen and oxygen atoms in total. The Morgan fingerprint density at radius 1 is 0.882 bits per heavy atom. The van der Waals surface area contributed by atoms with Crippen molar-refractivity contribution in [2.45, 2.75) is 69.1 Å². The Balaban J connectivity index is 3.00. The normalized spacial score (nSPS) is 17.8. The van der Waals surface area contributed by atoms with Gasteiger partial charge < -0.3 is 42.3 Å². The number of carboxylic acids is 3. The molecule has 0 aromatic heterocycles. The van der Waals surface area contributed by atoms with Crippen LogP contribution in [-0.4, -0.2) is 92.5 Å². The van der Waals surface area contributed by atoms with Crippen molar-refractivity contribution in [1.29, 1.82) is 0 Å². The summed E-state index contributed by atoms with van der Waals surface area (Å²) < 4.78 is 0. The monoisotopic (exact) mass is 487 g/mol. The third kappa shape index (κ3) is 9.01. The lowest BCUT2D eigenvalue weighted by Crippen LogP contribution is -2.57. The van der Waals surface area contributed by atoms with Crippen LogP contribution in [0.15, 0.2) is 0 Å². The van der Waals surface area contributed by atoms with Gasteiger partial charge in [0.25, 0.3) is 0 Å². The zero-order chi connectivity index (χ0) is 26.0. The molecule has 0 aromatic carbocycles. The van der Waals surface area contributed by atoms with Crippen LogP contribution in [0.1, 0.15) is 44.9 Å². The molecule has 0 saturated carbocycles. The highest BCUT2D eigenvalue weighted by Gasteiger charge is 2.38. The maximum absolute atomic E-state index is 12.9. The van der Waals surface area contributed by atoms with Gasteiger partial charge in [-0.2, -0.15) is 0 Å². The van der Waals surface area contributed by atoms with Crippen LogP contribution < -0.4 is 22.1 Å². The highest BCUT2D eigenvalue weighted by atomic mass is 16.4. The average molecular weight is 487 g/mol. The molecule has 1 saturated heterocycles. The molecule has 1 aliphatic rings. The van der Waals surface area contributed by atoms with Crippen molar-refractivity contribution in [3.63, 3.8) is 0 Å². The number of likely N-dealkylation sites (tertiary alicyclic amines) is 1. The summed E-state index contributed by atoms with van der Waals surface area (Å²) in [5.41, 5.74) is 10.6. The summed E-state index contributed by atoms with van der Waals surface area (Å²) in [5.74, 6) is -7.60. The second-order valence-corrected chi connectivity index (χ2v) is 7.79. The first-order chi connectivity index (χ1) is 15.8. The van der Waals surface area contributed by atoms with Gasteiger partial charge in [0.1, 0.15) is 18.1 Å². The number of hydrogen-bond acceptors (Lipinski definition) is 8. The minimum Gasteiger partial charge on any atom is -0.481 e. The number of nitrogens with zero attached hydrogens (tertiary/aromatic N) is 1. The number of carboxylic acid groups (broad SMARTS) is 3. The first kappa shape index (κ1) is 28.3. The molecule has 1 heterocycles. The number of primary amides is 1. The summed E-state index contributed by atoms with van der Waals surface area (Å²) in [6, 6.07) is -5.57. The lowest BCUT2D eigenvalue weighted by molar-refractivity contribution is -0.150. The van der Waals surface area contributed by atoms with Crippen molar-refractivity contribution in [2.24, 2.45) is 11.5 Å². The van der Waals surface area contributed by atoms with Crippen molar-refractivity contribution < 1.29 is 48.9 Å². The predicted molar refractivity (Wildman–Crippen MR) is 112 cm³/mol. The van der Waals surface area contributed by atoms with E-state index in [0.717, 1.165) is 4.90 Å². The van der Waals surface area contributed by atoms with Gasteiger partial charge in [-0.15, -0.1) is 0 Å². The maximum Gasteiger partial charge on any atom is 0.326 e. The second kappa shape index (κ2) is 13.1. The largest absolute Gasteiger partial charge is 0.481 e. The summed E-state index contributed by atoms with van der Waals surface area (Å²) in [6.07, 6.45) is -1.64. The molecule has 0 aliphatic carbocycles. The third-order valence-electron chi connectivity index (χ3n) is 5.13. The third-order valence-corrected chi connectivity index (χ3v) is 5.13. The molecule has 1 fully saturated rings. The molecule has 9 N–H and O–H groups in total. The van der Waals surface area contributed by atoms with Crippen LogP contribution in [0.3, 0.4) is 0 Å². The molecule has 4 atom stereocenters. The summed E-state index contributed by atoms with van der Waals surface area (Å²) in [6.45, 7) is 0.0826. The minimum absolute atomic E-state index is 0.0826. The molecular weight excluding hydrogens is 458 g/mol. The topological polar surface area (TPSA) is 260 Å². The first-order valence-corrected chi connectivity index (χ1v) is 10.4. The van der Waals surface area contributed by atoms with E-state index in [9.17, 15) is 38.7 Å². The Morgan fingerprint density at radius 3 is 2.03 bits per heavy atom. The van der Waals surface area contributed by atoms with Crippen molar-refractivity contribution in [3.05, 3.63) is 0 Å². The van der Waals surface area contributed by atoms with Crippen molar-refractivity contribution in [1.82, 2.24) is 15.5 Å². The SMILES string of the molecule is NC(=O)CCC(N)C(=O)NC(CC(=O)O)C(=O)NC(CCC(=O)O)C(=O)N1CCCC1C(=O)O. The van der Waals surface area contributed by atoms with E-state index >= 15 is 0 Å². The fourth-order valence-electron chi connectivity index (χ4n) is 3.38. The number of carbonyl (C=O) groups excluding carboxylic acids is 4. The number of amides is 4. The van der Waals surface area contributed by atoms with Gasteiger partial charge in [-0.25, -0.2) is 4.79 Å².